The van der Waals surface area contributed by atoms with Gasteiger partial charge in [0.05, 0.1) is 11.9 Å². The van der Waals surface area contributed by atoms with E-state index in [4.69, 9.17) is 0 Å². The SMILES string of the molecule is Fc1ccccc1-n1cc(CCBr)nn1. The summed E-state index contributed by atoms with van der Waals surface area (Å²) in [5.41, 5.74) is 1.26. The van der Waals surface area contributed by atoms with E-state index in [1.807, 2.05) is 0 Å². The maximum atomic E-state index is 13.4. The number of para-hydroxylation sites is 1. The highest BCUT2D eigenvalue weighted by Crippen LogP contribution is 2.11. The Labute approximate surface area is 95.0 Å². The fourth-order valence-electron chi connectivity index (χ4n) is 1.27. The van der Waals surface area contributed by atoms with Crippen LogP contribution in [0.3, 0.4) is 0 Å². The molecule has 0 unspecified atom stereocenters. The van der Waals surface area contributed by atoms with Crippen LogP contribution in [-0.2, 0) is 6.42 Å². The van der Waals surface area contributed by atoms with E-state index in [1.165, 1.54) is 10.7 Å². The summed E-state index contributed by atoms with van der Waals surface area (Å²) in [5.74, 6) is -0.298. The van der Waals surface area contributed by atoms with Crippen molar-refractivity contribution in [2.75, 3.05) is 5.33 Å². The molecule has 1 heterocycles. The number of aromatic nitrogens is 3. The summed E-state index contributed by atoms with van der Waals surface area (Å²) in [7, 11) is 0. The van der Waals surface area contributed by atoms with Gasteiger partial charge in [0.25, 0.3) is 0 Å². The summed E-state index contributed by atoms with van der Waals surface area (Å²) in [4.78, 5) is 0. The van der Waals surface area contributed by atoms with Gasteiger partial charge >= 0.3 is 0 Å². The van der Waals surface area contributed by atoms with Gasteiger partial charge in [-0.2, -0.15) is 0 Å². The monoisotopic (exact) mass is 269 g/mol. The molecule has 3 nitrogen and oxygen atoms in total. The van der Waals surface area contributed by atoms with Gasteiger partial charge in [-0.3, -0.25) is 0 Å². The van der Waals surface area contributed by atoms with Gasteiger partial charge in [-0.05, 0) is 12.1 Å². The molecule has 78 valence electrons. The lowest BCUT2D eigenvalue weighted by Gasteiger charge is -1.99. The van der Waals surface area contributed by atoms with Crippen LogP contribution in [0.25, 0.3) is 5.69 Å². The van der Waals surface area contributed by atoms with E-state index in [0.29, 0.717) is 5.69 Å². The van der Waals surface area contributed by atoms with Gasteiger partial charge in [0.2, 0.25) is 0 Å². The lowest BCUT2D eigenvalue weighted by atomic mass is 10.3. The highest BCUT2D eigenvalue weighted by molar-refractivity contribution is 9.09. The molecule has 0 aliphatic rings. The number of benzene rings is 1. The van der Waals surface area contributed by atoms with Gasteiger partial charge in [0.1, 0.15) is 11.5 Å². The average molecular weight is 270 g/mol. The molecular formula is C10H9BrFN3. The molecule has 0 N–H and O–H groups in total. The van der Waals surface area contributed by atoms with E-state index in [0.717, 1.165) is 17.4 Å². The fraction of sp³-hybridized carbons (Fsp3) is 0.200. The number of alkyl halides is 1. The molecule has 15 heavy (non-hydrogen) atoms. The van der Waals surface area contributed by atoms with Gasteiger partial charge in [0, 0.05) is 11.8 Å². The first-order chi connectivity index (χ1) is 7.31. The molecule has 0 radical (unpaired) electrons. The van der Waals surface area contributed by atoms with Crippen molar-refractivity contribution < 1.29 is 4.39 Å². The Balaban J connectivity index is 2.33. The summed E-state index contributed by atoms with van der Waals surface area (Å²) >= 11 is 3.31. The zero-order chi connectivity index (χ0) is 10.7. The molecule has 5 heteroatoms. The highest BCUT2D eigenvalue weighted by Gasteiger charge is 2.05. The van der Waals surface area contributed by atoms with Gasteiger partial charge in [-0.15, -0.1) is 5.10 Å². The van der Waals surface area contributed by atoms with E-state index in [-0.39, 0.29) is 5.82 Å². The Bertz CT molecular complexity index is 455. The van der Waals surface area contributed by atoms with Crippen molar-refractivity contribution in [3.8, 4) is 5.69 Å². The van der Waals surface area contributed by atoms with Crippen LogP contribution < -0.4 is 0 Å². The summed E-state index contributed by atoms with van der Waals surface area (Å²) in [5, 5.41) is 8.63. The summed E-state index contributed by atoms with van der Waals surface area (Å²) in [6.07, 6.45) is 2.52. The molecule has 0 saturated carbocycles. The molecule has 0 aliphatic heterocycles. The van der Waals surface area contributed by atoms with Crippen LogP contribution in [0, 0.1) is 5.82 Å². The van der Waals surface area contributed by atoms with Crippen LogP contribution in [0.5, 0.6) is 0 Å². The van der Waals surface area contributed by atoms with E-state index in [9.17, 15) is 4.39 Å². The van der Waals surface area contributed by atoms with Crippen molar-refractivity contribution in [3.05, 3.63) is 42.0 Å². The number of aryl methyl sites for hydroxylation is 1. The van der Waals surface area contributed by atoms with Gasteiger partial charge in [-0.25, -0.2) is 9.07 Å². The highest BCUT2D eigenvalue weighted by atomic mass is 79.9. The van der Waals surface area contributed by atoms with E-state index >= 15 is 0 Å². The van der Waals surface area contributed by atoms with Crippen molar-refractivity contribution in [2.45, 2.75) is 6.42 Å². The van der Waals surface area contributed by atoms with Crippen molar-refractivity contribution in [3.63, 3.8) is 0 Å². The second-order valence-corrected chi connectivity index (χ2v) is 3.84. The maximum Gasteiger partial charge on any atom is 0.148 e. The minimum Gasteiger partial charge on any atom is -0.217 e. The quantitative estimate of drug-likeness (QED) is 0.801. The zero-order valence-electron chi connectivity index (χ0n) is 7.90. The summed E-state index contributed by atoms with van der Waals surface area (Å²) in [6, 6.07) is 6.49. The predicted molar refractivity (Wildman–Crippen MR) is 58.8 cm³/mol. The summed E-state index contributed by atoms with van der Waals surface area (Å²) < 4.78 is 14.8. The Hall–Kier alpha value is -1.23. The molecule has 0 fully saturated rings. The third-order valence-electron chi connectivity index (χ3n) is 1.99. The van der Waals surface area contributed by atoms with Crippen LogP contribution in [-0.4, -0.2) is 20.3 Å². The van der Waals surface area contributed by atoms with E-state index in [1.54, 1.807) is 24.4 Å². The van der Waals surface area contributed by atoms with Crippen molar-refractivity contribution in [2.24, 2.45) is 0 Å². The van der Waals surface area contributed by atoms with Crippen LogP contribution in [0.4, 0.5) is 4.39 Å². The molecule has 2 rings (SSSR count). The zero-order valence-corrected chi connectivity index (χ0v) is 9.48. The molecule has 1 aromatic heterocycles. The van der Waals surface area contributed by atoms with Crippen molar-refractivity contribution in [1.29, 1.82) is 0 Å². The molecule has 0 bridgehead atoms. The Kier molecular flexibility index (Phi) is 3.11. The van der Waals surface area contributed by atoms with Gasteiger partial charge in [0.15, 0.2) is 0 Å². The fourth-order valence-corrected chi connectivity index (χ4v) is 1.67. The van der Waals surface area contributed by atoms with Crippen LogP contribution in [0.1, 0.15) is 5.69 Å². The minimum absolute atomic E-state index is 0.298. The van der Waals surface area contributed by atoms with Crippen molar-refractivity contribution >= 4 is 15.9 Å². The van der Waals surface area contributed by atoms with Crippen LogP contribution in [0.15, 0.2) is 30.5 Å². The first kappa shape index (κ1) is 10.3. The molecule has 0 saturated heterocycles. The first-order valence-electron chi connectivity index (χ1n) is 4.53. The largest absolute Gasteiger partial charge is 0.217 e. The van der Waals surface area contributed by atoms with E-state index < -0.39 is 0 Å². The lowest BCUT2D eigenvalue weighted by molar-refractivity contribution is 0.607. The smallest absolute Gasteiger partial charge is 0.148 e. The Morgan fingerprint density at radius 2 is 2.13 bits per heavy atom. The lowest BCUT2D eigenvalue weighted by Crippen LogP contribution is -1.97. The molecule has 0 spiro atoms. The average Bonchev–Trinajstić information content (AvgIpc) is 2.68. The second kappa shape index (κ2) is 4.53. The summed E-state index contributed by atoms with van der Waals surface area (Å²) in [6.45, 7) is 0. The van der Waals surface area contributed by atoms with Gasteiger partial charge in [-0.1, -0.05) is 33.3 Å². The van der Waals surface area contributed by atoms with Crippen molar-refractivity contribution in [1.82, 2.24) is 15.0 Å². The topological polar surface area (TPSA) is 30.7 Å². The number of hydrogen-bond acceptors (Lipinski definition) is 2. The van der Waals surface area contributed by atoms with Gasteiger partial charge < -0.3 is 0 Å². The first-order valence-corrected chi connectivity index (χ1v) is 5.65. The Morgan fingerprint density at radius 1 is 1.33 bits per heavy atom. The Morgan fingerprint density at radius 3 is 2.87 bits per heavy atom. The third-order valence-corrected chi connectivity index (χ3v) is 2.39. The minimum atomic E-state index is -0.298. The standard InChI is InChI=1S/C10H9BrFN3/c11-6-5-8-7-15(14-13-8)10-4-2-1-3-9(10)12/h1-4,7H,5-6H2. The number of nitrogens with zero attached hydrogens (tertiary/aromatic N) is 3. The number of hydrogen-bond donors (Lipinski definition) is 0. The molecular weight excluding hydrogens is 261 g/mol. The molecule has 0 amide bonds. The molecule has 1 aromatic carbocycles. The van der Waals surface area contributed by atoms with Crippen LogP contribution >= 0.6 is 15.9 Å². The van der Waals surface area contributed by atoms with E-state index in [2.05, 4.69) is 26.2 Å². The maximum absolute atomic E-state index is 13.4. The number of halogens is 2. The predicted octanol–water partition coefficient (Wildman–Crippen LogP) is 2.34. The molecule has 0 aliphatic carbocycles. The molecule has 0 atom stereocenters. The number of rotatable bonds is 3. The van der Waals surface area contributed by atoms with Crippen LogP contribution in [0.2, 0.25) is 0 Å². The molecule has 2 aromatic rings. The normalized spacial score (nSPS) is 10.5. The third kappa shape index (κ3) is 2.23. The second-order valence-electron chi connectivity index (χ2n) is 3.04.